The lowest BCUT2D eigenvalue weighted by molar-refractivity contribution is -0.140. The molecule has 3 N–H and O–H groups in total. The first-order valence-corrected chi connectivity index (χ1v) is 6.86. The number of carbonyl (C=O) groups excluding carboxylic acids is 2. The molecule has 1 atom stereocenters. The van der Waals surface area contributed by atoms with Gasteiger partial charge in [0.05, 0.1) is 0 Å². The van der Waals surface area contributed by atoms with E-state index >= 15 is 0 Å². The van der Waals surface area contributed by atoms with Crippen molar-refractivity contribution in [1.29, 1.82) is 0 Å². The highest BCUT2D eigenvalue weighted by atomic mass is 16.4. The number of likely N-dealkylation sites (tertiary alicyclic amines) is 1. The van der Waals surface area contributed by atoms with Gasteiger partial charge in [-0.05, 0) is 18.8 Å². The summed E-state index contributed by atoms with van der Waals surface area (Å²) in [5, 5.41) is 14.4. The number of hydrogen-bond acceptors (Lipinski definition) is 3. The molecule has 0 bridgehead atoms. The summed E-state index contributed by atoms with van der Waals surface area (Å²) < 4.78 is 0. The monoisotopic (exact) mass is 285 g/mol. The van der Waals surface area contributed by atoms with Gasteiger partial charge in [0.2, 0.25) is 5.91 Å². The Kier molecular flexibility index (Phi) is 5.79. The fraction of sp³-hybridized carbons (Fsp3) is 0.769. The van der Waals surface area contributed by atoms with Crippen LogP contribution in [-0.2, 0) is 9.59 Å². The fourth-order valence-corrected chi connectivity index (χ4v) is 2.25. The Hall–Kier alpha value is -1.79. The van der Waals surface area contributed by atoms with E-state index < -0.39 is 12.0 Å². The van der Waals surface area contributed by atoms with E-state index in [9.17, 15) is 14.4 Å². The zero-order chi connectivity index (χ0) is 15.3. The van der Waals surface area contributed by atoms with Gasteiger partial charge in [-0.3, -0.25) is 4.79 Å². The first kappa shape index (κ1) is 16.3. The molecule has 1 rings (SSSR count). The average Bonchev–Trinajstić information content (AvgIpc) is 2.35. The van der Waals surface area contributed by atoms with Crippen LogP contribution in [0, 0.1) is 5.92 Å². The molecule has 0 aliphatic carbocycles. The SMILES string of the molecule is CC(=O)NC1CCN(C(=O)NC(C(=O)O)C(C)C)CC1. The summed E-state index contributed by atoms with van der Waals surface area (Å²) in [6, 6.07) is -1.14. The minimum absolute atomic E-state index is 0.0707. The summed E-state index contributed by atoms with van der Waals surface area (Å²) >= 11 is 0. The van der Waals surface area contributed by atoms with E-state index in [1.807, 2.05) is 0 Å². The third-order valence-electron chi connectivity index (χ3n) is 3.40. The molecule has 20 heavy (non-hydrogen) atoms. The molecular weight excluding hydrogens is 262 g/mol. The van der Waals surface area contributed by atoms with Crippen LogP contribution in [0.15, 0.2) is 0 Å². The van der Waals surface area contributed by atoms with E-state index in [0.29, 0.717) is 25.9 Å². The highest BCUT2D eigenvalue weighted by Crippen LogP contribution is 2.11. The third-order valence-corrected chi connectivity index (χ3v) is 3.40. The van der Waals surface area contributed by atoms with E-state index in [2.05, 4.69) is 10.6 Å². The normalized spacial score (nSPS) is 17.7. The van der Waals surface area contributed by atoms with Gasteiger partial charge < -0.3 is 20.6 Å². The molecule has 1 fully saturated rings. The number of urea groups is 1. The number of nitrogens with one attached hydrogen (secondary N) is 2. The predicted molar refractivity (Wildman–Crippen MR) is 73.2 cm³/mol. The summed E-state index contributed by atoms with van der Waals surface area (Å²) in [6.45, 7) is 6.01. The van der Waals surface area contributed by atoms with Gasteiger partial charge in [-0.25, -0.2) is 9.59 Å². The summed E-state index contributed by atoms with van der Waals surface area (Å²) in [5.41, 5.74) is 0. The number of carbonyl (C=O) groups is 3. The Labute approximate surface area is 118 Å². The lowest BCUT2D eigenvalue weighted by atomic mass is 10.0. The molecule has 7 heteroatoms. The summed E-state index contributed by atoms with van der Waals surface area (Å²) in [4.78, 5) is 35.6. The molecule has 1 aliphatic rings. The lowest BCUT2D eigenvalue weighted by Gasteiger charge is -2.33. The van der Waals surface area contributed by atoms with Gasteiger partial charge in [0.15, 0.2) is 0 Å². The van der Waals surface area contributed by atoms with Crippen molar-refractivity contribution in [3.05, 3.63) is 0 Å². The molecule has 3 amide bonds. The van der Waals surface area contributed by atoms with Crippen LogP contribution < -0.4 is 10.6 Å². The number of carboxylic acids is 1. The third kappa shape index (κ3) is 4.71. The van der Waals surface area contributed by atoms with Crippen LogP contribution in [-0.4, -0.2) is 53.1 Å². The van der Waals surface area contributed by atoms with Crippen molar-refractivity contribution in [3.8, 4) is 0 Å². The van der Waals surface area contributed by atoms with Crippen molar-refractivity contribution in [1.82, 2.24) is 15.5 Å². The lowest BCUT2D eigenvalue weighted by Crippen LogP contribution is -2.53. The second-order valence-corrected chi connectivity index (χ2v) is 5.47. The molecule has 114 valence electrons. The molecule has 0 radical (unpaired) electrons. The number of nitrogens with zero attached hydrogens (tertiary/aromatic N) is 1. The Morgan fingerprint density at radius 2 is 1.75 bits per heavy atom. The van der Waals surface area contributed by atoms with Gasteiger partial charge in [0.25, 0.3) is 0 Å². The number of piperidine rings is 1. The van der Waals surface area contributed by atoms with E-state index in [4.69, 9.17) is 5.11 Å². The zero-order valence-electron chi connectivity index (χ0n) is 12.2. The molecule has 7 nitrogen and oxygen atoms in total. The molecule has 0 aromatic rings. The largest absolute Gasteiger partial charge is 0.480 e. The van der Waals surface area contributed by atoms with E-state index in [1.54, 1.807) is 18.7 Å². The first-order valence-electron chi connectivity index (χ1n) is 6.86. The molecule has 1 saturated heterocycles. The molecule has 0 aromatic carbocycles. The molecule has 0 saturated carbocycles. The highest BCUT2D eigenvalue weighted by Gasteiger charge is 2.28. The van der Waals surface area contributed by atoms with E-state index in [1.165, 1.54) is 6.92 Å². The number of hydrogen-bond donors (Lipinski definition) is 3. The van der Waals surface area contributed by atoms with Crippen LogP contribution in [0.4, 0.5) is 4.79 Å². The molecule has 1 aliphatic heterocycles. The molecule has 0 aromatic heterocycles. The number of carboxylic acid groups (broad SMARTS) is 1. The minimum Gasteiger partial charge on any atom is -0.480 e. The number of rotatable bonds is 4. The summed E-state index contributed by atoms with van der Waals surface area (Å²) in [6.07, 6.45) is 1.37. The van der Waals surface area contributed by atoms with Crippen molar-refractivity contribution in [2.24, 2.45) is 5.92 Å². The Balaban J connectivity index is 2.46. The topological polar surface area (TPSA) is 98.7 Å². The van der Waals surface area contributed by atoms with E-state index in [0.717, 1.165) is 0 Å². The van der Waals surface area contributed by atoms with Gasteiger partial charge in [-0.15, -0.1) is 0 Å². The zero-order valence-corrected chi connectivity index (χ0v) is 12.2. The first-order chi connectivity index (χ1) is 9.31. The minimum atomic E-state index is -1.03. The fourth-order valence-electron chi connectivity index (χ4n) is 2.25. The molecule has 0 spiro atoms. The Bertz CT molecular complexity index is 376. The van der Waals surface area contributed by atoms with Crippen LogP contribution in [0.25, 0.3) is 0 Å². The number of amides is 3. The molecule has 1 heterocycles. The smallest absolute Gasteiger partial charge is 0.326 e. The van der Waals surface area contributed by atoms with Gasteiger partial charge in [-0.2, -0.15) is 0 Å². The van der Waals surface area contributed by atoms with Gasteiger partial charge in [0.1, 0.15) is 6.04 Å². The van der Waals surface area contributed by atoms with Crippen LogP contribution in [0.3, 0.4) is 0 Å². The molecule has 1 unspecified atom stereocenters. The quantitative estimate of drug-likeness (QED) is 0.696. The van der Waals surface area contributed by atoms with Crippen LogP contribution in [0.5, 0.6) is 0 Å². The van der Waals surface area contributed by atoms with Crippen LogP contribution in [0.1, 0.15) is 33.6 Å². The maximum Gasteiger partial charge on any atom is 0.326 e. The van der Waals surface area contributed by atoms with Crippen molar-refractivity contribution < 1.29 is 19.5 Å². The Morgan fingerprint density at radius 3 is 2.15 bits per heavy atom. The van der Waals surface area contributed by atoms with Gasteiger partial charge in [-0.1, -0.05) is 13.8 Å². The van der Waals surface area contributed by atoms with Crippen LogP contribution >= 0.6 is 0 Å². The summed E-state index contributed by atoms with van der Waals surface area (Å²) in [5.74, 6) is -1.27. The maximum absolute atomic E-state index is 12.0. The van der Waals surface area contributed by atoms with Crippen molar-refractivity contribution in [2.75, 3.05) is 13.1 Å². The highest BCUT2D eigenvalue weighted by molar-refractivity contribution is 5.82. The van der Waals surface area contributed by atoms with Crippen molar-refractivity contribution >= 4 is 17.9 Å². The second kappa shape index (κ2) is 7.12. The Morgan fingerprint density at radius 1 is 1.20 bits per heavy atom. The maximum atomic E-state index is 12.0. The second-order valence-electron chi connectivity index (χ2n) is 5.47. The predicted octanol–water partition coefficient (Wildman–Crippen LogP) is 0.406. The van der Waals surface area contributed by atoms with Gasteiger partial charge in [0, 0.05) is 26.1 Å². The van der Waals surface area contributed by atoms with Crippen molar-refractivity contribution in [3.63, 3.8) is 0 Å². The van der Waals surface area contributed by atoms with E-state index in [-0.39, 0.29) is 23.9 Å². The van der Waals surface area contributed by atoms with Crippen LogP contribution in [0.2, 0.25) is 0 Å². The van der Waals surface area contributed by atoms with Gasteiger partial charge >= 0.3 is 12.0 Å². The number of aliphatic carboxylic acids is 1. The summed E-state index contributed by atoms with van der Waals surface area (Å²) in [7, 11) is 0. The average molecular weight is 285 g/mol. The molecular formula is C13H23N3O4. The standard InChI is InChI=1S/C13H23N3O4/c1-8(2)11(12(18)19)15-13(20)16-6-4-10(5-7-16)14-9(3)17/h8,10-11H,4-7H2,1-3H3,(H,14,17)(H,15,20)(H,18,19). The van der Waals surface area contributed by atoms with Crippen molar-refractivity contribution in [2.45, 2.75) is 45.7 Å².